The lowest BCUT2D eigenvalue weighted by Gasteiger charge is -2.27. The van der Waals surface area contributed by atoms with E-state index in [1.54, 1.807) is 12.3 Å². The van der Waals surface area contributed by atoms with Crippen LogP contribution < -0.4 is 24.8 Å². The number of nitrogens with two attached hydrogens (primary N) is 1. The Morgan fingerprint density at radius 3 is 2.65 bits per heavy atom. The topological polar surface area (TPSA) is 86.9 Å². The molecule has 6 rings (SSSR count). The van der Waals surface area contributed by atoms with Gasteiger partial charge in [0.05, 0.1) is 17.7 Å². The zero-order valence-electron chi connectivity index (χ0n) is 16.8. The smallest absolute Gasteiger partial charge is 0.249 e. The molecule has 0 saturated carbocycles. The highest BCUT2D eigenvalue weighted by molar-refractivity contribution is 5.98. The summed E-state index contributed by atoms with van der Waals surface area (Å²) in [5.74, 6) is 1.71. The molecule has 1 amide bonds. The van der Waals surface area contributed by atoms with E-state index in [1.807, 2.05) is 42.5 Å². The van der Waals surface area contributed by atoms with Crippen molar-refractivity contribution in [2.75, 3.05) is 31.3 Å². The van der Waals surface area contributed by atoms with Crippen LogP contribution in [0.2, 0.25) is 0 Å². The lowest BCUT2D eigenvalue weighted by Crippen LogP contribution is -2.37. The van der Waals surface area contributed by atoms with Gasteiger partial charge in [-0.05, 0) is 30.3 Å². The summed E-state index contributed by atoms with van der Waals surface area (Å²) in [7, 11) is 0. The summed E-state index contributed by atoms with van der Waals surface area (Å²) in [6, 6.07) is 15.5. The Labute approximate surface area is 179 Å². The Balaban J connectivity index is 1.52. The van der Waals surface area contributed by atoms with Crippen molar-refractivity contribution in [2.24, 2.45) is 5.73 Å². The van der Waals surface area contributed by atoms with Gasteiger partial charge in [-0.3, -0.25) is 9.78 Å². The number of carbonyl (C=O) groups is 1. The van der Waals surface area contributed by atoms with Gasteiger partial charge >= 0.3 is 0 Å². The number of amides is 1. The van der Waals surface area contributed by atoms with E-state index < -0.39 is 11.3 Å². The number of hydrogen-bond donors (Lipinski definition) is 1. The second kappa shape index (κ2) is 6.63. The maximum atomic E-state index is 12.4. The number of rotatable bonds is 3. The van der Waals surface area contributed by atoms with Crippen LogP contribution >= 0.6 is 0 Å². The number of carbonyl (C=O) groups excluding carboxylic acids is 1. The van der Waals surface area contributed by atoms with E-state index in [-0.39, 0.29) is 0 Å². The molecule has 1 atom stereocenters. The van der Waals surface area contributed by atoms with Gasteiger partial charge in [-0.1, -0.05) is 12.1 Å². The highest BCUT2D eigenvalue weighted by Crippen LogP contribution is 2.55. The van der Waals surface area contributed by atoms with Crippen molar-refractivity contribution in [3.8, 4) is 17.2 Å². The van der Waals surface area contributed by atoms with Crippen molar-refractivity contribution in [1.29, 1.82) is 0 Å². The largest absolute Gasteiger partial charge is 0.492 e. The summed E-state index contributed by atoms with van der Waals surface area (Å²) in [4.78, 5) is 19.2. The minimum absolute atomic E-state index is 0.418. The molecule has 31 heavy (non-hydrogen) atoms. The van der Waals surface area contributed by atoms with Gasteiger partial charge in [0.2, 0.25) is 5.91 Å². The molecule has 0 bridgehead atoms. The molecule has 1 unspecified atom stereocenters. The third-order valence-corrected chi connectivity index (χ3v) is 6.30. The maximum absolute atomic E-state index is 12.4. The average Bonchev–Trinajstić information content (AvgIpc) is 3.31. The van der Waals surface area contributed by atoms with Crippen molar-refractivity contribution < 1.29 is 19.0 Å². The first kappa shape index (κ1) is 18.1. The van der Waals surface area contributed by atoms with Crippen molar-refractivity contribution in [1.82, 2.24) is 4.98 Å². The Hall–Kier alpha value is -3.74. The number of fused-ring (bicyclic) bond motifs is 5. The molecule has 0 saturated heterocycles. The van der Waals surface area contributed by atoms with Crippen LogP contribution in [0.3, 0.4) is 0 Å². The first-order valence-corrected chi connectivity index (χ1v) is 10.3. The number of pyridine rings is 1. The van der Waals surface area contributed by atoms with Crippen LogP contribution in [0.15, 0.2) is 54.7 Å². The number of hydrogen-bond acceptors (Lipinski definition) is 6. The van der Waals surface area contributed by atoms with E-state index >= 15 is 0 Å². The molecular formula is C24H21N3O4. The predicted molar refractivity (Wildman–Crippen MR) is 114 cm³/mol. The summed E-state index contributed by atoms with van der Waals surface area (Å²) in [5.41, 5.74) is 9.65. The second-order valence-corrected chi connectivity index (χ2v) is 8.10. The van der Waals surface area contributed by atoms with Crippen molar-refractivity contribution in [2.45, 2.75) is 12.0 Å². The number of benzene rings is 2. The summed E-state index contributed by atoms with van der Waals surface area (Å²) in [6.07, 6.45) is 1.79. The van der Waals surface area contributed by atoms with Gasteiger partial charge in [0.1, 0.15) is 25.6 Å². The second-order valence-electron chi connectivity index (χ2n) is 8.10. The Bertz CT molecular complexity index is 1200. The molecule has 1 spiro atoms. The Kier molecular flexibility index (Phi) is 3.86. The van der Waals surface area contributed by atoms with Gasteiger partial charge in [-0.25, -0.2) is 0 Å². The minimum Gasteiger partial charge on any atom is -0.492 e. The first-order valence-electron chi connectivity index (χ1n) is 10.3. The van der Waals surface area contributed by atoms with Gasteiger partial charge < -0.3 is 24.8 Å². The molecule has 2 aromatic carbocycles. The molecule has 7 nitrogen and oxygen atoms in total. The third kappa shape index (κ3) is 2.66. The van der Waals surface area contributed by atoms with Crippen LogP contribution in [-0.2, 0) is 12.0 Å². The third-order valence-electron chi connectivity index (χ3n) is 6.30. The first-order chi connectivity index (χ1) is 15.2. The zero-order valence-corrected chi connectivity index (χ0v) is 16.8. The molecular weight excluding hydrogens is 394 g/mol. The fourth-order valence-electron chi connectivity index (χ4n) is 5.01. The van der Waals surface area contributed by atoms with E-state index in [0.29, 0.717) is 50.0 Å². The minimum atomic E-state index is -0.527. The monoisotopic (exact) mass is 415 g/mol. The van der Waals surface area contributed by atoms with Crippen LogP contribution in [0.5, 0.6) is 17.2 Å². The molecule has 0 radical (unpaired) electrons. The molecule has 0 aliphatic carbocycles. The quantitative estimate of drug-likeness (QED) is 0.708. The Morgan fingerprint density at radius 1 is 1.03 bits per heavy atom. The van der Waals surface area contributed by atoms with Gasteiger partial charge in [0.25, 0.3) is 0 Å². The standard InChI is InChI=1S/C24H21N3O4/c25-23(28)16-5-3-6-18-22(16)24(13-27(18)12-15-4-1-2-7-26-15)14-31-19-11-21-20(10-17(19)24)29-8-9-30-21/h1-7,10-11H,8-9,12-14H2,(H2,25,28). The van der Waals surface area contributed by atoms with Gasteiger partial charge in [-0.2, -0.15) is 0 Å². The lowest BCUT2D eigenvalue weighted by atomic mass is 9.75. The average molecular weight is 415 g/mol. The number of ether oxygens (including phenoxy) is 3. The fraction of sp³-hybridized carbons (Fsp3) is 0.250. The van der Waals surface area contributed by atoms with Crippen LogP contribution in [0.25, 0.3) is 0 Å². The fourth-order valence-corrected chi connectivity index (χ4v) is 5.01. The van der Waals surface area contributed by atoms with Crippen molar-refractivity contribution in [3.05, 3.63) is 77.1 Å². The van der Waals surface area contributed by atoms with E-state index in [4.69, 9.17) is 19.9 Å². The van der Waals surface area contributed by atoms with Crippen molar-refractivity contribution >= 4 is 11.6 Å². The number of primary amides is 1. The van der Waals surface area contributed by atoms with Crippen LogP contribution in [0.1, 0.15) is 27.2 Å². The Morgan fingerprint density at radius 2 is 1.87 bits per heavy atom. The summed E-state index contributed by atoms with van der Waals surface area (Å²) < 4.78 is 17.7. The molecule has 2 N–H and O–H groups in total. The highest BCUT2D eigenvalue weighted by Gasteiger charge is 2.52. The molecule has 4 heterocycles. The van der Waals surface area contributed by atoms with Gasteiger partial charge in [0, 0.05) is 41.2 Å². The summed E-state index contributed by atoms with van der Waals surface area (Å²) in [6.45, 7) is 2.72. The number of aromatic nitrogens is 1. The van der Waals surface area contributed by atoms with Crippen LogP contribution in [-0.4, -0.2) is 37.3 Å². The normalized spacial score (nSPS) is 20.3. The molecule has 0 fully saturated rings. The molecule has 3 aliphatic rings. The predicted octanol–water partition coefficient (Wildman–Crippen LogP) is 2.65. The van der Waals surface area contributed by atoms with Crippen LogP contribution in [0.4, 0.5) is 5.69 Å². The van der Waals surface area contributed by atoms with Crippen molar-refractivity contribution in [3.63, 3.8) is 0 Å². The summed E-state index contributed by atoms with van der Waals surface area (Å²) >= 11 is 0. The van der Waals surface area contributed by atoms with E-state index in [0.717, 1.165) is 28.3 Å². The highest BCUT2D eigenvalue weighted by atomic mass is 16.6. The summed E-state index contributed by atoms with van der Waals surface area (Å²) in [5, 5.41) is 0. The molecule has 3 aromatic rings. The van der Waals surface area contributed by atoms with Gasteiger partial charge in [0.15, 0.2) is 11.5 Å². The molecule has 156 valence electrons. The zero-order chi connectivity index (χ0) is 21.0. The number of nitrogens with zero attached hydrogens (tertiary/aromatic N) is 2. The molecule has 7 heteroatoms. The molecule has 3 aliphatic heterocycles. The van der Waals surface area contributed by atoms with E-state index in [1.165, 1.54) is 0 Å². The number of anilines is 1. The molecule has 1 aromatic heterocycles. The van der Waals surface area contributed by atoms with E-state index in [2.05, 4.69) is 9.88 Å². The van der Waals surface area contributed by atoms with Gasteiger partial charge in [-0.15, -0.1) is 0 Å². The van der Waals surface area contributed by atoms with E-state index in [9.17, 15) is 4.79 Å². The SMILES string of the molecule is NC(=O)c1cccc2c1C1(COc3cc4c(cc31)OCCO4)CN2Cc1ccccn1. The maximum Gasteiger partial charge on any atom is 0.249 e. The lowest BCUT2D eigenvalue weighted by molar-refractivity contribution is 0.0998. The van der Waals surface area contributed by atoms with Crippen LogP contribution in [0, 0.1) is 0 Å².